The van der Waals surface area contributed by atoms with E-state index in [4.69, 9.17) is 0 Å². The number of benzene rings is 2. The summed E-state index contributed by atoms with van der Waals surface area (Å²) < 4.78 is 23.7. The smallest absolute Gasteiger partial charge is 0.175 e. The average molecular weight is 335 g/mol. The molecule has 0 bridgehead atoms. The van der Waals surface area contributed by atoms with E-state index in [1.807, 2.05) is 58.9 Å². The van der Waals surface area contributed by atoms with E-state index in [-0.39, 0.29) is 5.92 Å². The molecule has 0 aliphatic carbocycles. The average Bonchev–Trinajstić information content (AvgIpc) is 2.57. The van der Waals surface area contributed by atoms with Gasteiger partial charge in [0.2, 0.25) is 0 Å². The first-order valence-electron chi connectivity index (χ1n) is 8.26. The van der Waals surface area contributed by atoms with Gasteiger partial charge in [-0.3, -0.25) is 0 Å². The summed E-state index contributed by atoms with van der Waals surface area (Å²) in [6.07, 6.45) is 1.26. The van der Waals surface area contributed by atoms with Gasteiger partial charge in [-0.15, -0.1) is 0 Å². The van der Waals surface area contributed by atoms with Crippen molar-refractivity contribution in [1.82, 2.24) is 0 Å². The van der Waals surface area contributed by atoms with Crippen LogP contribution in [-0.2, 0) is 9.84 Å². The Morgan fingerprint density at radius 1 is 0.783 bits per heavy atom. The molecule has 0 aliphatic heterocycles. The molecule has 1 unspecified atom stereocenters. The zero-order valence-corrected chi connectivity index (χ0v) is 16.2. The number of hydrogen-bond donors (Lipinski definition) is 0. The Hall–Kier alpha value is -1.61. The molecule has 23 heavy (non-hydrogen) atoms. The first kappa shape index (κ1) is 21.4. The van der Waals surface area contributed by atoms with Gasteiger partial charge in [-0.05, 0) is 29.7 Å². The molecule has 3 heteroatoms. The fraction of sp³-hybridized carbons (Fsp3) is 0.400. The van der Waals surface area contributed by atoms with E-state index in [1.165, 1.54) is 17.4 Å². The van der Waals surface area contributed by atoms with Gasteiger partial charge in [0.25, 0.3) is 0 Å². The Balaban J connectivity index is 0.00000112. The van der Waals surface area contributed by atoms with Gasteiger partial charge in [-0.1, -0.05) is 77.1 Å². The summed E-state index contributed by atoms with van der Waals surface area (Å²) in [5.41, 5.74) is 3.20. The molecule has 2 nitrogen and oxygen atoms in total. The predicted octanol–water partition coefficient (Wildman–Crippen LogP) is 5.60. The van der Waals surface area contributed by atoms with Gasteiger partial charge in [0.1, 0.15) is 0 Å². The van der Waals surface area contributed by atoms with Crippen LogP contribution in [0.25, 0.3) is 0 Å². The number of rotatable bonds is 3. The van der Waals surface area contributed by atoms with Crippen LogP contribution in [0.4, 0.5) is 0 Å². The first-order chi connectivity index (χ1) is 10.9. The minimum Gasteiger partial charge on any atom is -0.224 e. The van der Waals surface area contributed by atoms with E-state index in [0.717, 1.165) is 5.56 Å². The Labute approximate surface area is 142 Å². The highest BCUT2D eigenvalue weighted by molar-refractivity contribution is 7.90. The molecule has 1 atom stereocenters. The summed E-state index contributed by atoms with van der Waals surface area (Å²) in [7, 11) is -3.20. The maximum Gasteiger partial charge on any atom is 0.175 e. The van der Waals surface area contributed by atoms with Crippen molar-refractivity contribution >= 4 is 9.84 Å². The van der Waals surface area contributed by atoms with Gasteiger partial charge < -0.3 is 0 Å². The molecule has 0 aliphatic rings. The Morgan fingerprint density at radius 3 is 1.70 bits per heavy atom. The third-order valence-electron chi connectivity index (χ3n) is 3.44. The molecular weight excluding hydrogens is 304 g/mol. The summed E-state index contributed by atoms with van der Waals surface area (Å²) in [5.74, 6) is 0.0622. The minimum absolute atomic E-state index is 0.0622. The summed E-state index contributed by atoms with van der Waals surface area (Å²) in [6.45, 7) is 12.1. The minimum atomic E-state index is -3.20. The van der Waals surface area contributed by atoms with Crippen molar-refractivity contribution in [1.29, 1.82) is 0 Å². The Morgan fingerprint density at radius 2 is 1.22 bits per heavy atom. The first-order valence-corrected chi connectivity index (χ1v) is 10.1. The maximum absolute atomic E-state index is 11.9. The molecule has 2 aromatic rings. The van der Waals surface area contributed by atoms with Crippen LogP contribution >= 0.6 is 0 Å². The molecule has 0 aromatic heterocycles. The second-order valence-corrected chi connectivity index (χ2v) is 6.87. The standard InChI is InChI=1S/C16H18O2S.2C2H6/c1-12-8-4-5-9-14(12)13(2)15-10-6-7-11-16(15)19(3,17)18;2*1-2/h4-11,13H,1-3H3;2*1-2H3. The number of hydrogen-bond acceptors (Lipinski definition) is 2. The number of sulfone groups is 1. The van der Waals surface area contributed by atoms with Crippen molar-refractivity contribution in [2.24, 2.45) is 0 Å². The lowest BCUT2D eigenvalue weighted by Crippen LogP contribution is -2.07. The quantitative estimate of drug-likeness (QED) is 0.732. The molecule has 2 rings (SSSR count). The van der Waals surface area contributed by atoms with E-state index >= 15 is 0 Å². The van der Waals surface area contributed by atoms with Gasteiger partial charge in [-0.2, -0.15) is 0 Å². The van der Waals surface area contributed by atoms with Crippen LogP contribution in [0.15, 0.2) is 53.4 Å². The van der Waals surface area contributed by atoms with E-state index in [2.05, 4.69) is 19.1 Å². The summed E-state index contributed by atoms with van der Waals surface area (Å²) >= 11 is 0. The van der Waals surface area contributed by atoms with Crippen molar-refractivity contribution in [2.45, 2.75) is 52.4 Å². The SMILES string of the molecule is CC.CC.Cc1ccccc1C(C)c1ccccc1S(C)(=O)=O. The topological polar surface area (TPSA) is 34.1 Å². The van der Waals surface area contributed by atoms with Crippen LogP contribution in [-0.4, -0.2) is 14.7 Å². The van der Waals surface area contributed by atoms with E-state index in [0.29, 0.717) is 4.90 Å². The van der Waals surface area contributed by atoms with Crippen LogP contribution < -0.4 is 0 Å². The lowest BCUT2D eigenvalue weighted by Gasteiger charge is -2.18. The molecule has 0 saturated heterocycles. The molecule has 0 saturated carbocycles. The molecule has 2 aromatic carbocycles. The Bertz CT molecular complexity index is 688. The van der Waals surface area contributed by atoms with E-state index in [1.54, 1.807) is 12.1 Å². The van der Waals surface area contributed by atoms with Crippen LogP contribution in [0, 0.1) is 6.92 Å². The second-order valence-electron chi connectivity index (χ2n) is 4.89. The summed E-state index contributed by atoms with van der Waals surface area (Å²) in [6, 6.07) is 15.3. The molecule has 0 fully saturated rings. The van der Waals surface area contributed by atoms with Gasteiger partial charge in [-0.25, -0.2) is 8.42 Å². The summed E-state index contributed by atoms with van der Waals surface area (Å²) in [4.78, 5) is 0.422. The third kappa shape index (κ3) is 5.83. The van der Waals surface area contributed by atoms with Crippen molar-refractivity contribution in [3.63, 3.8) is 0 Å². The molecule has 0 heterocycles. The molecular formula is C20H30O2S. The highest BCUT2D eigenvalue weighted by Crippen LogP contribution is 2.30. The van der Waals surface area contributed by atoms with Gasteiger partial charge in [0, 0.05) is 12.2 Å². The van der Waals surface area contributed by atoms with Gasteiger partial charge in [0.05, 0.1) is 4.90 Å². The molecule has 0 N–H and O–H groups in total. The van der Waals surface area contributed by atoms with Crippen molar-refractivity contribution in [3.8, 4) is 0 Å². The monoisotopic (exact) mass is 334 g/mol. The molecule has 0 spiro atoms. The fourth-order valence-corrected chi connectivity index (χ4v) is 3.41. The largest absolute Gasteiger partial charge is 0.224 e. The summed E-state index contributed by atoms with van der Waals surface area (Å²) in [5, 5.41) is 0. The maximum atomic E-state index is 11.9. The van der Waals surface area contributed by atoms with E-state index in [9.17, 15) is 8.42 Å². The third-order valence-corrected chi connectivity index (χ3v) is 4.61. The lowest BCUT2D eigenvalue weighted by molar-refractivity contribution is 0.600. The highest BCUT2D eigenvalue weighted by atomic mass is 32.2. The highest BCUT2D eigenvalue weighted by Gasteiger charge is 2.19. The van der Waals surface area contributed by atoms with Crippen LogP contribution in [0.5, 0.6) is 0 Å². The molecule has 0 radical (unpaired) electrons. The lowest BCUT2D eigenvalue weighted by atomic mass is 9.90. The number of aryl methyl sites for hydroxylation is 1. The van der Waals surface area contributed by atoms with Gasteiger partial charge in [0.15, 0.2) is 9.84 Å². The second kappa shape index (κ2) is 10.2. The predicted molar refractivity (Wildman–Crippen MR) is 101 cm³/mol. The van der Waals surface area contributed by atoms with Crippen molar-refractivity contribution in [3.05, 3.63) is 65.2 Å². The van der Waals surface area contributed by atoms with E-state index < -0.39 is 9.84 Å². The molecule has 0 amide bonds. The van der Waals surface area contributed by atoms with Crippen LogP contribution in [0.2, 0.25) is 0 Å². The normalized spacial score (nSPS) is 11.4. The molecule has 128 valence electrons. The van der Waals surface area contributed by atoms with Gasteiger partial charge >= 0.3 is 0 Å². The van der Waals surface area contributed by atoms with Crippen LogP contribution in [0.1, 0.15) is 57.2 Å². The van der Waals surface area contributed by atoms with Crippen molar-refractivity contribution < 1.29 is 8.42 Å². The Kier molecular flexibility index (Phi) is 9.50. The fourth-order valence-electron chi connectivity index (χ4n) is 2.42. The zero-order valence-electron chi connectivity index (χ0n) is 15.4. The van der Waals surface area contributed by atoms with Crippen LogP contribution in [0.3, 0.4) is 0 Å². The van der Waals surface area contributed by atoms with Crippen molar-refractivity contribution in [2.75, 3.05) is 6.26 Å². The zero-order chi connectivity index (χ0) is 18.0.